The number of benzene rings is 1. The summed E-state index contributed by atoms with van der Waals surface area (Å²) in [5.74, 6) is 0. The van der Waals surface area contributed by atoms with Gasteiger partial charge in [0.15, 0.2) is 0 Å². The SMILES string of the molecule is Cl.NCC1CCCN1S(=O)(=O)c1ccc([N+](=O)[O-])cc1. The van der Waals surface area contributed by atoms with Crippen molar-refractivity contribution in [3.05, 3.63) is 34.4 Å². The minimum absolute atomic E-state index is 0. The van der Waals surface area contributed by atoms with Gasteiger partial charge in [-0.3, -0.25) is 10.1 Å². The van der Waals surface area contributed by atoms with Crippen LogP contribution in [0.15, 0.2) is 29.2 Å². The lowest BCUT2D eigenvalue weighted by atomic mass is 10.2. The molecule has 20 heavy (non-hydrogen) atoms. The van der Waals surface area contributed by atoms with Crippen molar-refractivity contribution in [1.29, 1.82) is 0 Å². The summed E-state index contributed by atoms with van der Waals surface area (Å²) in [6.07, 6.45) is 1.54. The molecule has 1 atom stereocenters. The quantitative estimate of drug-likeness (QED) is 0.660. The van der Waals surface area contributed by atoms with E-state index in [1.54, 1.807) is 0 Å². The van der Waals surface area contributed by atoms with Gasteiger partial charge in [0.2, 0.25) is 10.0 Å². The Morgan fingerprint density at radius 1 is 1.35 bits per heavy atom. The van der Waals surface area contributed by atoms with Crippen molar-refractivity contribution in [2.24, 2.45) is 5.73 Å². The number of nitro benzene ring substituents is 1. The van der Waals surface area contributed by atoms with Crippen LogP contribution in [0.1, 0.15) is 12.8 Å². The first-order chi connectivity index (χ1) is 8.96. The molecular formula is C11H16ClN3O4S. The van der Waals surface area contributed by atoms with Crippen LogP contribution in [0.5, 0.6) is 0 Å². The molecule has 1 heterocycles. The Balaban J connectivity index is 0.00000200. The fraction of sp³-hybridized carbons (Fsp3) is 0.455. The number of halogens is 1. The van der Waals surface area contributed by atoms with Crippen LogP contribution in [0.4, 0.5) is 5.69 Å². The second-order valence-electron chi connectivity index (χ2n) is 4.40. The number of sulfonamides is 1. The summed E-state index contributed by atoms with van der Waals surface area (Å²) in [7, 11) is -3.61. The van der Waals surface area contributed by atoms with Gasteiger partial charge in [0.25, 0.3) is 5.69 Å². The largest absolute Gasteiger partial charge is 0.329 e. The molecule has 0 bridgehead atoms. The highest BCUT2D eigenvalue weighted by atomic mass is 35.5. The molecule has 1 aromatic rings. The second kappa shape index (κ2) is 6.49. The van der Waals surface area contributed by atoms with Crippen molar-refractivity contribution in [2.75, 3.05) is 13.1 Å². The van der Waals surface area contributed by atoms with Gasteiger partial charge in [-0.1, -0.05) is 0 Å². The van der Waals surface area contributed by atoms with Crippen molar-refractivity contribution in [3.8, 4) is 0 Å². The number of hydrogen-bond acceptors (Lipinski definition) is 5. The fourth-order valence-corrected chi connectivity index (χ4v) is 3.94. The Bertz CT molecular complexity index is 576. The smallest absolute Gasteiger partial charge is 0.269 e. The lowest BCUT2D eigenvalue weighted by Gasteiger charge is -2.22. The minimum Gasteiger partial charge on any atom is -0.329 e. The van der Waals surface area contributed by atoms with Gasteiger partial charge in [-0.15, -0.1) is 12.4 Å². The van der Waals surface area contributed by atoms with Gasteiger partial charge in [0, 0.05) is 31.3 Å². The van der Waals surface area contributed by atoms with E-state index in [9.17, 15) is 18.5 Å². The van der Waals surface area contributed by atoms with E-state index in [4.69, 9.17) is 5.73 Å². The maximum Gasteiger partial charge on any atom is 0.269 e. The number of hydrogen-bond donors (Lipinski definition) is 1. The molecule has 0 amide bonds. The monoisotopic (exact) mass is 321 g/mol. The van der Waals surface area contributed by atoms with Crippen LogP contribution in [0.3, 0.4) is 0 Å². The molecule has 1 aliphatic rings. The van der Waals surface area contributed by atoms with Crippen molar-refractivity contribution in [2.45, 2.75) is 23.8 Å². The van der Waals surface area contributed by atoms with Crippen LogP contribution >= 0.6 is 12.4 Å². The zero-order chi connectivity index (χ0) is 14.0. The number of nitrogens with zero attached hydrogens (tertiary/aromatic N) is 2. The second-order valence-corrected chi connectivity index (χ2v) is 6.29. The number of nitro groups is 1. The van der Waals surface area contributed by atoms with Crippen molar-refractivity contribution in [1.82, 2.24) is 4.31 Å². The molecule has 1 fully saturated rings. The lowest BCUT2D eigenvalue weighted by molar-refractivity contribution is -0.384. The van der Waals surface area contributed by atoms with Gasteiger partial charge < -0.3 is 5.73 Å². The molecule has 7 nitrogen and oxygen atoms in total. The predicted molar refractivity (Wildman–Crippen MR) is 76.3 cm³/mol. The van der Waals surface area contributed by atoms with E-state index in [2.05, 4.69) is 0 Å². The third-order valence-corrected chi connectivity index (χ3v) is 5.22. The van der Waals surface area contributed by atoms with Crippen LogP contribution in [-0.4, -0.2) is 36.8 Å². The standard InChI is InChI=1S/C11H15N3O4S.ClH/c12-8-10-2-1-7-13(10)19(17,18)11-5-3-9(4-6-11)14(15)16;/h3-6,10H,1-2,7-8,12H2;1H. The summed E-state index contributed by atoms with van der Waals surface area (Å²) >= 11 is 0. The molecule has 0 radical (unpaired) electrons. The van der Waals surface area contributed by atoms with Gasteiger partial charge in [-0.25, -0.2) is 8.42 Å². The fourth-order valence-electron chi connectivity index (χ4n) is 2.24. The molecule has 1 unspecified atom stereocenters. The van der Waals surface area contributed by atoms with E-state index in [0.717, 1.165) is 12.8 Å². The van der Waals surface area contributed by atoms with Crippen LogP contribution in [0.2, 0.25) is 0 Å². The van der Waals surface area contributed by atoms with Crippen molar-refractivity contribution >= 4 is 28.1 Å². The van der Waals surface area contributed by atoms with Crippen LogP contribution < -0.4 is 5.73 Å². The van der Waals surface area contributed by atoms with E-state index >= 15 is 0 Å². The van der Waals surface area contributed by atoms with Gasteiger partial charge in [-0.05, 0) is 25.0 Å². The minimum atomic E-state index is -3.61. The Hall–Kier alpha value is -1.22. The van der Waals surface area contributed by atoms with Gasteiger partial charge >= 0.3 is 0 Å². The molecule has 1 aromatic carbocycles. The Kier molecular flexibility index (Phi) is 5.46. The molecule has 2 rings (SSSR count). The van der Waals surface area contributed by atoms with E-state index in [1.165, 1.54) is 28.6 Å². The zero-order valence-corrected chi connectivity index (χ0v) is 12.3. The highest BCUT2D eigenvalue weighted by Gasteiger charge is 2.34. The van der Waals surface area contributed by atoms with Crippen molar-refractivity contribution in [3.63, 3.8) is 0 Å². The molecule has 1 aliphatic heterocycles. The lowest BCUT2D eigenvalue weighted by Crippen LogP contribution is -2.39. The van der Waals surface area contributed by atoms with Crippen LogP contribution in [0.25, 0.3) is 0 Å². The predicted octanol–water partition coefficient (Wildman–Crippen LogP) is 1.13. The first-order valence-corrected chi connectivity index (χ1v) is 7.37. The van der Waals surface area contributed by atoms with E-state index in [0.29, 0.717) is 6.54 Å². The highest BCUT2D eigenvalue weighted by molar-refractivity contribution is 7.89. The number of rotatable bonds is 4. The Labute approximate surface area is 123 Å². The Morgan fingerprint density at radius 3 is 2.45 bits per heavy atom. The first-order valence-electron chi connectivity index (χ1n) is 5.93. The third kappa shape index (κ3) is 3.09. The molecule has 112 valence electrons. The summed E-state index contributed by atoms with van der Waals surface area (Å²) < 4.78 is 26.2. The number of nitrogens with two attached hydrogens (primary N) is 1. The van der Waals surface area contributed by atoms with E-state index < -0.39 is 14.9 Å². The Morgan fingerprint density at radius 2 is 1.95 bits per heavy atom. The summed E-state index contributed by atoms with van der Waals surface area (Å²) in [6.45, 7) is 0.730. The van der Waals surface area contributed by atoms with Crippen LogP contribution in [-0.2, 0) is 10.0 Å². The first kappa shape index (κ1) is 16.8. The highest BCUT2D eigenvalue weighted by Crippen LogP contribution is 2.26. The van der Waals surface area contributed by atoms with Gasteiger partial charge in [0.05, 0.1) is 9.82 Å². The maximum atomic E-state index is 12.4. The average Bonchev–Trinajstić information content (AvgIpc) is 2.87. The molecule has 0 saturated carbocycles. The summed E-state index contributed by atoms with van der Waals surface area (Å²) in [4.78, 5) is 10.1. The molecule has 0 aliphatic carbocycles. The average molecular weight is 322 g/mol. The zero-order valence-electron chi connectivity index (χ0n) is 10.6. The topological polar surface area (TPSA) is 107 Å². The molecule has 1 saturated heterocycles. The molecule has 9 heteroatoms. The van der Waals surface area contributed by atoms with E-state index in [-0.39, 0.29) is 35.6 Å². The summed E-state index contributed by atoms with van der Waals surface area (Å²) in [6, 6.07) is 4.74. The molecule has 2 N–H and O–H groups in total. The summed E-state index contributed by atoms with van der Waals surface area (Å²) in [5.41, 5.74) is 5.44. The third-order valence-electron chi connectivity index (χ3n) is 3.25. The van der Waals surface area contributed by atoms with Crippen LogP contribution in [0, 0.1) is 10.1 Å². The summed E-state index contributed by atoms with van der Waals surface area (Å²) in [5, 5.41) is 10.5. The molecular weight excluding hydrogens is 306 g/mol. The molecule has 0 spiro atoms. The molecule has 0 aromatic heterocycles. The van der Waals surface area contributed by atoms with E-state index in [1.807, 2.05) is 0 Å². The maximum absolute atomic E-state index is 12.4. The number of non-ortho nitro benzene ring substituents is 1. The van der Waals surface area contributed by atoms with Gasteiger partial charge in [0.1, 0.15) is 0 Å². The normalized spacial score (nSPS) is 19.6. The van der Waals surface area contributed by atoms with Gasteiger partial charge in [-0.2, -0.15) is 4.31 Å². The van der Waals surface area contributed by atoms with Crippen molar-refractivity contribution < 1.29 is 13.3 Å².